The van der Waals surface area contributed by atoms with Crippen LogP contribution in [-0.4, -0.2) is 13.3 Å². The average molecular weight is 232 g/mol. The van der Waals surface area contributed by atoms with Gasteiger partial charge in [-0.2, -0.15) is 0 Å². The first-order valence-corrected chi connectivity index (χ1v) is 6.41. The molecule has 1 N–H and O–H groups in total. The molecule has 0 fully saturated rings. The first kappa shape index (κ1) is 9.02. The molecule has 0 saturated heterocycles. The van der Waals surface area contributed by atoms with Crippen LogP contribution >= 0.6 is 24.0 Å². The molecule has 0 saturated carbocycles. The Morgan fingerprint density at radius 3 is 2.18 bits per heavy atom. The number of nitrogens with one attached hydrogen (secondary N) is 1. The Morgan fingerprint density at radius 2 is 1.73 bits per heavy atom. The maximum atomic E-state index is 3.39. The summed E-state index contributed by atoms with van der Waals surface area (Å²) in [6.45, 7) is 4.38. The van der Waals surface area contributed by atoms with Gasteiger partial charge in [-0.05, 0) is 45.7 Å². The molecule has 0 atom stereocenters. The third-order valence-corrected chi connectivity index (χ3v) is 2.43. The number of hydrogen-bond donors (Lipinski definition) is 1. The minimum atomic E-state index is -0.0517. The van der Waals surface area contributed by atoms with Gasteiger partial charge in [-0.15, -0.1) is 0 Å². The highest BCUT2D eigenvalue weighted by molar-refractivity contribution is 9.10. The zero-order chi connectivity index (χ0) is 8.27. The van der Waals surface area contributed by atoms with E-state index in [4.69, 9.17) is 0 Å². The summed E-state index contributed by atoms with van der Waals surface area (Å²) in [5, 5.41) is 3.38. The lowest BCUT2D eigenvalue weighted by Crippen LogP contribution is -1.87. The van der Waals surface area contributed by atoms with Crippen molar-refractivity contribution in [2.75, 3.05) is 18.4 Å². The zero-order valence-electron chi connectivity index (χ0n) is 6.63. The first-order chi connectivity index (χ1) is 5.18. The lowest BCUT2D eigenvalue weighted by atomic mass is 10.3. The highest BCUT2D eigenvalue weighted by Crippen LogP contribution is 2.27. The molecule has 0 aromatic heterocycles. The second-order valence-electron chi connectivity index (χ2n) is 2.51. The summed E-state index contributed by atoms with van der Waals surface area (Å²) >= 11 is 3.39. The molecule has 0 aliphatic carbocycles. The maximum absolute atomic E-state index is 3.39. The molecular formula is C8H11BrNP. The second-order valence-corrected chi connectivity index (χ2v) is 5.44. The molecule has 1 aromatic rings. The fraction of sp³-hybridized carbons (Fsp3) is 0.250. The summed E-state index contributed by atoms with van der Waals surface area (Å²) < 4.78 is 1.12. The lowest BCUT2D eigenvalue weighted by molar-refractivity contribution is 1.63. The summed E-state index contributed by atoms with van der Waals surface area (Å²) in [5.41, 5.74) is 1.20. The predicted molar refractivity (Wildman–Crippen MR) is 56.5 cm³/mol. The number of anilines is 1. The third kappa shape index (κ3) is 3.22. The van der Waals surface area contributed by atoms with Gasteiger partial charge in [0.25, 0.3) is 0 Å². The van der Waals surface area contributed by atoms with Crippen LogP contribution in [0.15, 0.2) is 28.7 Å². The summed E-state index contributed by atoms with van der Waals surface area (Å²) in [6.07, 6.45) is 0. The average Bonchev–Trinajstić information content (AvgIpc) is 1.93. The Hall–Kier alpha value is -0.0700. The Morgan fingerprint density at radius 1 is 1.18 bits per heavy atom. The standard InChI is InChI=1S/C8H11BrNP/c1-11(2)10-8-5-3-7(9)4-6-8/h3-6,10H,1-2H3. The maximum Gasteiger partial charge on any atom is 0.0373 e. The molecule has 1 rings (SSSR count). The van der Waals surface area contributed by atoms with Gasteiger partial charge in [0.1, 0.15) is 0 Å². The van der Waals surface area contributed by atoms with Crippen molar-refractivity contribution in [3.63, 3.8) is 0 Å². The van der Waals surface area contributed by atoms with Crippen molar-refractivity contribution in [1.82, 2.24) is 0 Å². The van der Waals surface area contributed by atoms with Crippen LogP contribution < -0.4 is 5.09 Å². The van der Waals surface area contributed by atoms with Gasteiger partial charge in [0, 0.05) is 10.2 Å². The lowest BCUT2D eigenvalue weighted by Gasteiger charge is -2.09. The van der Waals surface area contributed by atoms with Crippen LogP contribution in [0.4, 0.5) is 5.69 Å². The number of benzene rings is 1. The van der Waals surface area contributed by atoms with E-state index in [0.717, 1.165) is 4.47 Å². The quantitative estimate of drug-likeness (QED) is 0.769. The molecule has 60 valence electrons. The van der Waals surface area contributed by atoms with Crippen molar-refractivity contribution in [2.24, 2.45) is 0 Å². The highest BCUT2D eigenvalue weighted by atomic mass is 79.9. The van der Waals surface area contributed by atoms with E-state index in [0.29, 0.717) is 0 Å². The van der Waals surface area contributed by atoms with E-state index in [1.807, 2.05) is 12.1 Å². The van der Waals surface area contributed by atoms with Crippen molar-refractivity contribution in [2.45, 2.75) is 0 Å². The van der Waals surface area contributed by atoms with E-state index in [9.17, 15) is 0 Å². The van der Waals surface area contributed by atoms with Crippen LogP contribution in [0.25, 0.3) is 0 Å². The van der Waals surface area contributed by atoms with Crippen molar-refractivity contribution in [3.8, 4) is 0 Å². The Balaban J connectivity index is 2.66. The molecule has 0 amide bonds. The van der Waals surface area contributed by atoms with Gasteiger partial charge in [-0.3, -0.25) is 0 Å². The summed E-state index contributed by atoms with van der Waals surface area (Å²) in [7, 11) is -0.0517. The van der Waals surface area contributed by atoms with Gasteiger partial charge in [-0.1, -0.05) is 15.9 Å². The first-order valence-electron chi connectivity index (χ1n) is 3.38. The van der Waals surface area contributed by atoms with Crippen LogP contribution in [0, 0.1) is 0 Å². The second kappa shape index (κ2) is 4.08. The Kier molecular flexibility index (Phi) is 3.35. The fourth-order valence-corrected chi connectivity index (χ4v) is 1.71. The van der Waals surface area contributed by atoms with E-state index < -0.39 is 0 Å². The minimum Gasteiger partial charge on any atom is -0.365 e. The Labute approximate surface area is 77.1 Å². The summed E-state index contributed by atoms with van der Waals surface area (Å²) in [6, 6.07) is 8.24. The van der Waals surface area contributed by atoms with Gasteiger partial charge in [-0.25, -0.2) is 0 Å². The van der Waals surface area contributed by atoms with E-state index in [1.165, 1.54) is 5.69 Å². The minimum absolute atomic E-state index is 0.0517. The highest BCUT2D eigenvalue weighted by Gasteiger charge is 1.92. The van der Waals surface area contributed by atoms with Crippen LogP contribution in [0.2, 0.25) is 0 Å². The molecule has 0 aliphatic heterocycles. The van der Waals surface area contributed by atoms with E-state index in [2.05, 4.69) is 46.5 Å². The number of halogens is 1. The number of hydrogen-bond acceptors (Lipinski definition) is 1. The number of rotatable bonds is 2. The van der Waals surface area contributed by atoms with Crippen LogP contribution in [0.3, 0.4) is 0 Å². The van der Waals surface area contributed by atoms with Gasteiger partial charge < -0.3 is 5.09 Å². The SMILES string of the molecule is CP(C)Nc1ccc(Br)cc1. The van der Waals surface area contributed by atoms with Crippen molar-refractivity contribution < 1.29 is 0 Å². The van der Waals surface area contributed by atoms with Crippen molar-refractivity contribution in [1.29, 1.82) is 0 Å². The van der Waals surface area contributed by atoms with Crippen molar-refractivity contribution >= 4 is 29.7 Å². The summed E-state index contributed by atoms with van der Waals surface area (Å²) in [5.74, 6) is 0. The molecular weight excluding hydrogens is 221 g/mol. The fourth-order valence-electron chi connectivity index (χ4n) is 0.783. The molecule has 1 aromatic carbocycles. The topological polar surface area (TPSA) is 12.0 Å². The van der Waals surface area contributed by atoms with E-state index >= 15 is 0 Å². The molecule has 0 unspecified atom stereocenters. The van der Waals surface area contributed by atoms with Crippen molar-refractivity contribution in [3.05, 3.63) is 28.7 Å². The molecule has 0 bridgehead atoms. The zero-order valence-corrected chi connectivity index (χ0v) is 9.12. The third-order valence-electron chi connectivity index (χ3n) is 1.20. The Bertz CT molecular complexity index is 220. The molecule has 3 heteroatoms. The van der Waals surface area contributed by atoms with Gasteiger partial charge >= 0.3 is 0 Å². The van der Waals surface area contributed by atoms with Crippen LogP contribution in [0.1, 0.15) is 0 Å². The molecule has 0 spiro atoms. The largest absolute Gasteiger partial charge is 0.365 e. The van der Waals surface area contributed by atoms with E-state index in [1.54, 1.807) is 0 Å². The molecule has 1 nitrogen and oxygen atoms in total. The molecule has 0 aliphatic rings. The van der Waals surface area contributed by atoms with E-state index in [-0.39, 0.29) is 8.07 Å². The van der Waals surface area contributed by atoms with Gasteiger partial charge in [0.15, 0.2) is 0 Å². The molecule has 0 heterocycles. The summed E-state index contributed by atoms with van der Waals surface area (Å²) in [4.78, 5) is 0. The molecule has 11 heavy (non-hydrogen) atoms. The van der Waals surface area contributed by atoms with Crippen LogP contribution in [-0.2, 0) is 0 Å². The predicted octanol–water partition coefficient (Wildman–Crippen LogP) is 3.52. The van der Waals surface area contributed by atoms with Crippen LogP contribution in [0.5, 0.6) is 0 Å². The smallest absolute Gasteiger partial charge is 0.0373 e. The normalized spacial score (nSPS) is 10.2. The molecule has 0 radical (unpaired) electrons. The van der Waals surface area contributed by atoms with Gasteiger partial charge in [0.2, 0.25) is 0 Å². The van der Waals surface area contributed by atoms with Gasteiger partial charge in [0.05, 0.1) is 0 Å². The monoisotopic (exact) mass is 231 g/mol.